The summed E-state index contributed by atoms with van der Waals surface area (Å²) < 4.78 is 39.7. The first-order valence-electron chi connectivity index (χ1n) is 10.0. The summed E-state index contributed by atoms with van der Waals surface area (Å²) in [5, 5.41) is 13.6. The van der Waals surface area contributed by atoms with Gasteiger partial charge < -0.3 is 4.98 Å². The fourth-order valence-corrected chi connectivity index (χ4v) is 3.96. The number of H-pyrrole nitrogens is 1. The highest BCUT2D eigenvalue weighted by molar-refractivity contribution is 5.80. The van der Waals surface area contributed by atoms with Crippen LogP contribution >= 0.6 is 0 Å². The van der Waals surface area contributed by atoms with Crippen LogP contribution in [0.4, 0.5) is 13.2 Å². The third kappa shape index (κ3) is 3.71. The molecule has 1 aliphatic rings. The second-order valence-corrected chi connectivity index (χ2v) is 7.71. The number of nitrogens with one attached hydrogen (secondary N) is 1. The van der Waals surface area contributed by atoms with Crippen LogP contribution in [0.3, 0.4) is 0 Å². The third-order valence-corrected chi connectivity index (χ3v) is 5.72. The first kappa shape index (κ1) is 20.7. The first-order valence-corrected chi connectivity index (χ1v) is 10.0. The van der Waals surface area contributed by atoms with Gasteiger partial charge in [-0.15, -0.1) is 0 Å². The molecule has 0 unspecified atom stereocenters. The molecule has 0 saturated heterocycles. The van der Waals surface area contributed by atoms with Crippen LogP contribution in [0.25, 0.3) is 11.0 Å². The van der Waals surface area contributed by atoms with Crippen molar-refractivity contribution in [1.82, 2.24) is 34.7 Å². The highest BCUT2D eigenvalue weighted by Gasteiger charge is 2.37. The van der Waals surface area contributed by atoms with Gasteiger partial charge in [0.2, 0.25) is 0 Å². The van der Waals surface area contributed by atoms with Crippen LogP contribution < -0.4 is 5.56 Å². The second kappa shape index (κ2) is 7.77. The molecule has 4 aromatic rings. The van der Waals surface area contributed by atoms with Crippen molar-refractivity contribution in [1.29, 1.82) is 5.26 Å². The lowest BCUT2D eigenvalue weighted by molar-refractivity contribution is -0.141. The molecule has 0 radical (unpaired) electrons. The molecule has 1 aliphatic carbocycles. The molecule has 0 aromatic carbocycles. The van der Waals surface area contributed by atoms with Crippen molar-refractivity contribution in [3.8, 4) is 6.07 Å². The average molecular weight is 452 g/mol. The molecule has 1 fully saturated rings. The molecule has 0 bridgehead atoms. The highest BCUT2D eigenvalue weighted by Crippen LogP contribution is 2.46. The number of fused-ring (bicyclic) bond motifs is 1. The van der Waals surface area contributed by atoms with Crippen molar-refractivity contribution in [2.45, 2.75) is 37.4 Å². The zero-order valence-corrected chi connectivity index (χ0v) is 16.9. The number of halogens is 3. The fraction of sp³-hybridized carbons (Fsp3) is 0.286. The van der Waals surface area contributed by atoms with Gasteiger partial charge in [-0.05, 0) is 30.5 Å². The highest BCUT2D eigenvalue weighted by atomic mass is 19.4. The standard InChI is InChI=1S/C21H15F3N8O/c22-21(23,24)15-5-2-11(9-28-15)10-32-19-16(14(8-25)31-32)20(33)30-18(29-19)13-4-3-12(13)17-26-6-1-7-27-17/h1-2,5-7,9,12-13H,3-4,10H2,(H,29,30,33)/t12-,13-/m0/s1. The third-order valence-electron chi connectivity index (χ3n) is 5.72. The number of rotatable bonds is 4. The summed E-state index contributed by atoms with van der Waals surface area (Å²) in [6.45, 7) is -0.00486. The Morgan fingerprint density at radius 2 is 1.91 bits per heavy atom. The van der Waals surface area contributed by atoms with E-state index in [1.54, 1.807) is 18.5 Å². The summed E-state index contributed by atoms with van der Waals surface area (Å²) in [6.07, 6.45) is 1.48. The maximum Gasteiger partial charge on any atom is 0.433 e. The van der Waals surface area contributed by atoms with Crippen molar-refractivity contribution in [3.63, 3.8) is 0 Å². The fourth-order valence-electron chi connectivity index (χ4n) is 3.96. The molecule has 4 heterocycles. The van der Waals surface area contributed by atoms with Crippen LogP contribution in [0.1, 0.15) is 53.3 Å². The number of pyridine rings is 1. The van der Waals surface area contributed by atoms with Gasteiger partial charge in [0, 0.05) is 30.4 Å². The van der Waals surface area contributed by atoms with Gasteiger partial charge >= 0.3 is 6.18 Å². The number of aromatic nitrogens is 7. The Kier molecular flexibility index (Phi) is 4.88. The van der Waals surface area contributed by atoms with Crippen molar-refractivity contribution < 1.29 is 13.2 Å². The number of hydrogen-bond donors (Lipinski definition) is 1. The zero-order chi connectivity index (χ0) is 23.2. The van der Waals surface area contributed by atoms with Gasteiger partial charge in [-0.3, -0.25) is 9.78 Å². The van der Waals surface area contributed by atoms with E-state index in [4.69, 9.17) is 0 Å². The van der Waals surface area contributed by atoms with Gasteiger partial charge in [-0.2, -0.15) is 23.5 Å². The molecule has 5 rings (SSSR count). The topological polar surface area (TPSA) is 126 Å². The van der Waals surface area contributed by atoms with Crippen LogP contribution in [0.2, 0.25) is 0 Å². The Morgan fingerprint density at radius 1 is 1.15 bits per heavy atom. The Hall–Kier alpha value is -4.14. The molecule has 166 valence electrons. The maximum atomic E-state index is 12.8. The maximum absolute atomic E-state index is 12.8. The lowest BCUT2D eigenvalue weighted by Gasteiger charge is -2.34. The molecular weight excluding hydrogens is 437 g/mol. The molecule has 1 saturated carbocycles. The number of nitriles is 1. The number of nitrogens with zero attached hydrogens (tertiary/aromatic N) is 7. The normalized spacial score (nSPS) is 18.1. The van der Waals surface area contributed by atoms with E-state index in [9.17, 15) is 23.2 Å². The smallest absolute Gasteiger partial charge is 0.310 e. The summed E-state index contributed by atoms with van der Waals surface area (Å²) in [7, 11) is 0. The largest absolute Gasteiger partial charge is 0.433 e. The average Bonchev–Trinajstić information content (AvgIpc) is 3.11. The minimum Gasteiger partial charge on any atom is -0.310 e. The molecule has 0 aliphatic heterocycles. The van der Waals surface area contributed by atoms with Crippen LogP contribution in [0.15, 0.2) is 41.6 Å². The molecule has 12 heteroatoms. The van der Waals surface area contributed by atoms with Gasteiger partial charge in [0.25, 0.3) is 5.56 Å². The molecular formula is C21H15F3N8O. The van der Waals surface area contributed by atoms with Crippen LogP contribution in [0, 0.1) is 11.3 Å². The molecule has 9 nitrogen and oxygen atoms in total. The van der Waals surface area contributed by atoms with E-state index in [-0.39, 0.29) is 35.1 Å². The van der Waals surface area contributed by atoms with Crippen molar-refractivity contribution in [2.75, 3.05) is 0 Å². The molecule has 33 heavy (non-hydrogen) atoms. The lowest BCUT2D eigenvalue weighted by atomic mass is 9.72. The van der Waals surface area contributed by atoms with Crippen LogP contribution in [0.5, 0.6) is 0 Å². The van der Waals surface area contributed by atoms with Gasteiger partial charge in [0.1, 0.15) is 28.8 Å². The Labute approximate surface area is 184 Å². The number of alkyl halides is 3. The lowest BCUT2D eigenvalue weighted by Crippen LogP contribution is -2.28. The van der Waals surface area contributed by atoms with Crippen LogP contribution in [-0.2, 0) is 12.7 Å². The number of aromatic amines is 1. The van der Waals surface area contributed by atoms with Crippen LogP contribution in [-0.4, -0.2) is 34.7 Å². The molecule has 2 atom stereocenters. The monoisotopic (exact) mass is 452 g/mol. The van der Waals surface area contributed by atoms with E-state index in [0.717, 1.165) is 25.1 Å². The van der Waals surface area contributed by atoms with Gasteiger partial charge in [-0.1, -0.05) is 6.07 Å². The molecule has 0 spiro atoms. The van der Waals surface area contributed by atoms with E-state index in [1.807, 2.05) is 6.07 Å². The van der Waals surface area contributed by atoms with E-state index in [0.29, 0.717) is 17.2 Å². The van der Waals surface area contributed by atoms with Crippen molar-refractivity contribution >= 4 is 11.0 Å². The molecule has 1 N–H and O–H groups in total. The predicted molar refractivity (Wildman–Crippen MR) is 108 cm³/mol. The quantitative estimate of drug-likeness (QED) is 0.505. The van der Waals surface area contributed by atoms with E-state index in [2.05, 4.69) is 30.0 Å². The summed E-state index contributed by atoms with van der Waals surface area (Å²) >= 11 is 0. The summed E-state index contributed by atoms with van der Waals surface area (Å²) in [6, 6.07) is 5.75. The predicted octanol–water partition coefficient (Wildman–Crippen LogP) is 2.90. The van der Waals surface area contributed by atoms with E-state index in [1.165, 1.54) is 10.7 Å². The summed E-state index contributed by atoms with van der Waals surface area (Å²) in [5.74, 6) is 0.995. The summed E-state index contributed by atoms with van der Waals surface area (Å²) in [4.78, 5) is 32.2. The van der Waals surface area contributed by atoms with Gasteiger partial charge in [0.15, 0.2) is 11.3 Å². The van der Waals surface area contributed by atoms with Gasteiger partial charge in [0.05, 0.1) is 6.54 Å². The SMILES string of the molecule is N#Cc1nn(Cc2ccc(C(F)(F)F)nc2)c2nc([C@H]3CC[C@@H]3c3ncccn3)[nH]c(=O)c12. The first-order chi connectivity index (χ1) is 15.8. The minimum absolute atomic E-state index is 0.00211. The zero-order valence-electron chi connectivity index (χ0n) is 16.9. The number of hydrogen-bond acceptors (Lipinski definition) is 7. The second-order valence-electron chi connectivity index (χ2n) is 7.71. The Bertz CT molecular complexity index is 1420. The Morgan fingerprint density at radius 3 is 2.52 bits per heavy atom. The summed E-state index contributed by atoms with van der Waals surface area (Å²) in [5.41, 5.74) is -1.01. The van der Waals surface area contributed by atoms with Crippen molar-refractivity contribution in [2.24, 2.45) is 0 Å². The molecule has 0 amide bonds. The van der Waals surface area contributed by atoms with E-state index >= 15 is 0 Å². The molecule has 4 aromatic heterocycles. The Balaban J connectivity index is 1.53. The van der Waals surface area contributed by atoms with E-state index < -0.39 is 17.4 Å². The van der Waals surface area contributed by atoms with Gasteiger partial charge in [-0.25, -0.2) is 19.6 Å². The minimum atomic E-state index is -4.55. The van der Waals surface area contributed by atoms with Crippen molar-refractivity contribution in [3.05, 3.63) is 75.7 Å².